The van der Waals surface area contributed by atoms with Gasteiger partial charge in [-0.15, -0.1) is 0 Å². The van der Waals surface area contributed by atoms with E-state index >= 15 is 0 Å². The monoisotopic (exact) mass is 263 g/mol. The molecule has 0 amide bonds. The molecule has 0 saturated heterocycles. The van der Waals surface area contributed by atoms with E-state index in [4.69, 9.17) is 5.11 Å². The zero-order valence-electron chi connectivity index (χ0n) is 6.56. The lowest BCUT2D eigenvalue weighted by Gasteiger charge is -2.05. The first kappa shape index (κ1) is 8.93. The number of pyridine rings is 1. The van der Waals surface area contributed by atoms with Crippen molar-refractivity contribution in [1.82, 2.24) is 4.98 Å². The van der Waals surface area contributed by atoms with E-state index in [1.54, 1.807) is 6.20 Å². The zero-order chi connectivity index (χ0) is 8.43. The van der Waals surface area contributed by atoms with Gasteiger partial charge in [-0.3, -0.25) is 4.98 Å². The molecule has 0 bridgehead atoms. The fourth-order valence-electron chi connectivity index (χ4n) is 0.910. The molecular formula is C8H10INO. The van der Waals surface area contributed by atoms with Crippen molar-refractivity contribution in [1.29, 1.82) is 0 Å². The number of hydrogen-bond donors (Lipinski definition) is 1. The molecule has 1 aromatic heterocycles. The van der Waals surface area contributed by atoms with Gasteiger partial charge in [-0.05, 0) is 47.6 Å². The minimum atomic E-state index is 0.0299. The number of aromatic nitrogens is 1. The highest BCUT2D eigenvalue weighted by atomic mass is 127. The maximum atomic E-state index is 8.87. The van der Waals surface area contributed by atoms with Crippen molar-refractivity contribution < 1.29 is 5.11 Å². The molecule has 0 aliphatic carbocycles. The third kappa shape index (κ3) is 1.70. The molecule has 2 nitrogen and oxygen atoms in total. The molecule has 1 rings (SSSR count). The molecule has 0 aliphatic rings. The van der Waals surface area contributed by atoms with Crippen LogP contribution in [0.1, 0.15) is 16.8 Å². The van der Waals surface area contributed by atoms with Gasteiger partial charge in [0.2, 0.25) is 0 Å². The average Bonchev–Trinajstić information content (AvgIpc) is 2.01. The first-order chi connectivity index (χ1) is 5.16. The van der Waals surface area contributed by atoms with E-state index in [1.165, 1.54) is 9.13 Å². The maximum Gasteiger partial charge on any atom is 0.0856 e. The van der Waals surface area contributed by atoms with Gasteiger partial charge in [0.1, 0.15) is 0 Å². The van der Waals surface area contributed by atoms with Crippen LogP contribution in [-0.2, 0) is 6.61 Å². The van der Waals surface area contributed by atoms with E-state index in [1.807, 2.05) is 13.8 Å². The highest BCUT2D eigenvalue weighted by molar-refractivity contribution is 14.1. The van der Waals surface area contributed by atoms with Crippen molar-refractivity contribution in [2.24, 2.45) is 0 Å². The van der Waals surface area contributed by atoms with Gasteiger partial charge < -0.3 is 5.11 Å². The molecule has 1 N–H and O–H groups in total. The molecular weight excluding hydrogens is 253 g/mol. The number of rotatable bonds is 1. The third-order valence-electron chi connectivity index (χ3n) is 1.67. The molecule has 1 heterocycles. The highest BCUT2D eigenvalue weighted by Crippen LogP contribution is 2.17. The molecule has 0 aromatic carbocycles. The van der Waals surface area contributed by atoms with Gasteiger partial charge in [-0.1, -0.05) is 0 Å². The second-order valence-corrected chi connectivity index (χ2v) is 3.56. The lowest BCUT2D eigenvalue weighted by molar-refractivity contribution is 0.276. The minimum Gasteiger partial charge on any atom is -0.390 e. The number of aryl methyl sites for hydroxylation is 1. The normalized spacial score (nSPS) is 10.2. The largest absolute Gasteiger partial charge is 0.390 e. The summed E-state index contributed by atoms with van der Waals surface area (Å²) < 4.78 is 1.20. The summed E-state index contributed by atoms with van der Waals surface area (Å²) in [6, 6.07) is 0. The lowest BCUT2D eigenvalue weighted by Crippen LogP contribution is -1.97. The first-order valence-corrected chi connectivity index (χ1v) is 4.46. The van der Waals surface area contributed by atoms with Crippen LogP contribution in [0.3, 0.4) is 0 Å². The Morgan fingerprint density at radius 2 is 2.18 bits per heavy atom. The predicted octanol–water partition coefficient (Wildman–Crippen LogP) is 1.80. The summed E-state index contributed by atoms with van der Waals surface area (Å²) in [5.41, 5.74) is 3.04. The highest BCUT2D eigenvalue weighted by Gasteiger charge is 2.04. The molecule has 0 fully saturated rings. The fourth-order valence-corrected chi connectivity index (χ4v) is 1.36. The second-order valence-electron chi connectivity index (χ2n) is 2.49. The Hall–Kier alpha value is -0.160. The summed E-state index contributed by atoms with van der Waals surface area (Å²) in [5, 5.41) is 8.87. The predicted molar refractivity (Wildman–Crippen MR) is 52.4 cm³/mol. The molecule has 0 atom stereocenters. The first-order valence-electron chi connectivity index (χ1n) is 3.38. The van der Waals surface area contributed by atoms with Crippen molar-refractivity contribution in [3.63, 3.8) is 0 Å². The standard InChI is InChI=1S/C8H10INO/c1-5-3-10-7(4-11)6(2)8(5)9/h3,11H,4H2,1-2H3. The number of aliphatic hydroxyl groups excluding tert-OH is 1. The van der Waals surface area contributed by atoms with E-state index < -0.39 is 0 Å². The fraction of sp³-hybridized carbons (Fsp3) is 0.375. The summed E-state index contributed by atoms with van der Waals surface area (Å²) in [7, 11) is 0. The Labute approximate surface area is 79.8 Å². The van der Waals surface area contributed by atoms with Gasteiger partial charge in [-0.25, -0.2) is 0 Å². The van der Waals surface area contributed by atoms with Crippen molar-refractivity contribution in [3.05, 3.63) is 26.6 Å². The zero-order valence-corrected chi connectivity index (χ0v) is 8.71. The summed E-state index contributed by atoms with van der Waals surface area (Å²) in [6.45, 7) is 4.03. The molecule has 0 unspecified atom stereocenters. The van der Waals surface area contributed by atoms with Crippen molar-refractivity contribution >= 4 is 22.6 Å². The molecule has 11 heavy (non-hydrogen) atoms. The van der Waals surface area contributed by atoms with Crippen LogP contribution in [0.2, 0.25) is 0 Å². The molecule has 0 radical (unpaired) electrons. The van der Waals surface area contributed by atoms with Crippen LogP contribution in [-0.4, -0.2) is 10.1 Å². The summed E-state index contributed by atoms with van der Waals surface area (Å²) in [6.07, 6.45) is 1.79. The Morgan fingerprint density at radius 1 is 1.55 bits per heavy atom. The van der Waals surface area contributed by atoms with Crippen LogP contribution >= 0.6 is 22.6 Å². The van der Waals surface area contributed by atoms with Crippen molar-refractivity contribution in [3.8, 4) is 0 Å². The van der Waals surface area contributed by atoms with Gasteiger partial charge in [0.25, 0.3) is 0 Å². The van der Waals surface area contributed by atoms with Gasteiger partial charge >= 0.3 is 0 Å². The van der Waals surface area contributed by atoms with Crippen LogP contribution in [0.15, 0.2) is 6.20 Å². The topological polar surface area (TPSA) is 33.1 Å². The van der Waals surface area contributed by atoms with Crippen LogP contribution < -0.4 is 0 Å². The van der Waals surface area contributed by atoms with Crippen LogP contribution in [0.25, 0.3) is 0 Å². The number of hydrogen-bond acceptors (Lipinski definition) is 2. The maximum absolute atomic E-state index is 8.87. The van der Waals surface area contributed by atoms with E-state index in [-0.39, 0.29) is 6.61 Å². The van der Waals surface area contributed by atoms with Gasteiger partial charge in [0, 0.05) is 9.77 Å². The lowest BCUT2D eigenvalue weighted by atomic mass is 10.2. The number of halogens is 1. The molecule has 3 heteroatoms. The molecule has 0 aliphatic heterocycles. The summed E-state index contributed by atoms with van der Waals surface area (Å²) in [5.74, 6) is 0. The molecule has 0 spiro atoms. The quantitative estimate of drug-likeness (QED) is 0.784. The third-order valence-corrected chi connectivity index (χ3v) is 3.33. The molecule has 1 aromatic rings. The Balaban J connectivity index is 3.25. The Kier molecular flexibility index (Phi) is 2.84. The average molecular weight is 263 g/mol. The SMILES string of the molecule is Cc1cnc(CO)c(C)c1I. The second kappa shape index (κ2) is 3.49. The van der Waals surface area contributed by atoms with E-state index in [2.05, 4.69) is 27.6 Å². The van der Waals surface area contributed by atoms with Crippen LogP contribution in [0.5, 0.6) is 0 Å². The van der Waals surface area contributed by atoms with E-state index in [0.717, 1.165) is 11.3 Å². The van der Waals surface area contributed by atoms with Crippen molar-refractivity contribution in [2.45, 2.75) is 20.5 Å². The Bertz CT molecular complexity index is 273. The smallest absolute Gasteiger partial charge is 0.0856 e. The summed E-state index contributed by atoms with van der Waals surface area (Å²) in [4.78, 5) is 4.10. The summed E-state index contributed by atoms with van der Waals surface area (Å²) >= 11 is 2.27. The van der Waals surface area contributed by atoms with Crippen molar-refractivity contribution in [2.75, 3.05) is 0 Å². The number of nitrogens with zero attached hydrogens (tertiary/aromatic N) is 1. The van der Waals surface area contributed by atoms with Gasteiger partial charge in [-0.2, -0.15) is 0 Å². The Morgan fingerprint density at radius 3 is 2.73 bits per heavy atom. The van der Waals surface area contributed by atoms with Gasteiger partial charge in [0.05, 0.1) is 12.3 Å². The van der Waals surface area contributed by atoms with E-state index in [9.17, 15) is 0 Å². The van der Waals surface area contributed by atoms with Gasteiger partial charge in [0.15, 0.2) is 0 Å². The van der Waals surface area contributed by atoms with Crippen LogP contribution in [0.4, 0.5) is 0 Å². The van der Waals surface area contributed by atoms with E-state index in [0.29, 0.717) is 0 Å². The molecule has 0 saturated carbocycles. The number of aliphatic hydroxyl groups is 1. The van der Waals surface area contributed by atoms with Crippen LogP contribution in [0, 0.1) is 17.4 Å². The minimum absolute atomic E-state index is 0.0299. The molecule has 60 valence electrons.